The highest BCUT2D eigenvalue weighted by Crippen LogP contribution is 2.23. The fraction of sp³-hybridized carbons (Fsp3) is 0.538. The molecule has 5 nitrogen and oxygen atoms in total. The highest BCUT2D eigenvalue weighted by Gasteiger charge is 2.30. The van der Waals surface area contributed by atoms with Gasteiger partial charge in [0, 0.05) is 32.1 Å². The number of hydrogen-bond acceptors (Lipinski definition) is 4. The van der Waals surface area contributed by atoms with Gasteiger partial charge in [0.25, 0.3) is 5.91 Å². The van der Waals surface area contributed by atoms with Gasteiger partial charge in [-0.1, -0.05) is 0 Å². The van der Waals surface area contributed by atoms with Crippen LogP contribution in [0, 0.1) is 0 Å². The van der Waals surface area contributed by atoms with Gasteiger partial charge in [0.1, 0.15) is 5.69 Å². The van der Waals surface area contributed by atoms with Crippen LogP contribution in [0.15, 0.2) is 18.3 Å². The third kappa shape index (κ3) is 2.98. The molecule has 1 amide bonds. The minimum absolute atomic E-state index is 0.163. The van der Waals surface area contributed by atoms with Gasteiger partial charge in [-0.25, -0.2) is 0 Å². The highest BCUT2D eigenvalue weighted by atomic mass is 16.5. The highest BCUT2D eigenvalue weighted by molar-refractivity contribution is 5.93. The molecule has 1 aromatic rings. The van der Waals surface area contributed by atoms with E-state index in [4.69, 9.17) is 4.74 Å². The van der Waals surface area contributed by atoms with Crippen LogP contribution < -0.4 is 10.6 Å². The molecule has 1 atom stereocenters. The minimum Gasteiger partial charge on any atom is -0.388 e. The van der Waals surface area contributed by atoms with Crippen molar-refractivity contribution in [1.29, 1.82) is 0 Å². The largest absolute Gasteiger partial charge is 0.388 e. The quantitative estimate of drug-likeness (QED) is 0.847. The van der Waals surface area contributed by atoms with Crippen molar-refractivity contribution in [1.82, 2.24) is 10.3 Å². The van der Waals surface area contributed by atoms with Gasteiger partial charge >= 0.3 is 0 Å². The number of hydrogen-bond donors (Lipinski definition) is 2. The summed E-state index contributed by atoms with van der Waals surface area (Å²) in [6, 6.07) is 3.55. The predicted molar refractivity (Wildman–Crippen MR) is 69.7 cm³/mol. The second kappa shape index (κ2) is 5.35. The van der Waals surface area contributed by atoms with Crippen LogP contribution in [0.5, 0.6) is 0 Å². The average Bonchev–Trinajstić information content (AvgIpc) is 2.83. The van der Waals surface area contributed by atoms with E-state index in [1.165, 1.54) is 0 Å². The zero-order valence-corrected chi connectivity index (χ0v) is 10.8. The van der Waals surface area contributed by atoms with Crippen LogP contribution in [0.3, 0.4) is 0 Å². The van der Waals surface area contributed by atoms with Gasteiger partial charge in [-0.15, -0.1) is 0 Å². The molecule has 1 fully saturated rings. The molecule has 1 unspecified atom stereocenters. The molecule has 2 N–H and O–H groups in total. The van der Waals surface area contributed by atoms with Gasteiger partial charge in [-0.2, -0.15) is 0 Å². The van der Waals surface area contributed by atoms with E-state index in [2.05, 4.69) is 15.6 Å². The third-order valence-electron chi connectivity index (χ3n) is 3.20. The molecule has 1 aliphatic rings. The summed E-state index contributed by atoms with van der Waals surface area (Å²) >= 11 is 0. The van der Waals surface area contributed by atoms with Crippen LogP contribution in [0.25, 0.3) is 0 Å². The van der Waals surface area contributed by atoms with Crippen LogP contribution in [0.2, 0.25) is 0 Å². The zero-order valence-electron chi connectivity index (χ0n) is 10.8. The Hall–Kier alpha value is -1.62. The number of pyridine rings is 1. The monoisotopic (exact) mass is 249 g/mol. The predicted octanol–water partition coefficient (Wildman–Crippen LogP) is 1.42. The maximum absolute atomic E-state index is 12.0. The molecule has 98 valence electrons. The first-order valence-electron chi connectivity index (χ1n) is 6.19. The summed E-state index contributed by atoms with van der Waals surface area (Å²) in [5.41, 5.74) is 1.07. The molecule has 0 aromatic carbocycles. The molecule has 0 saturated carbocycles. The Balaban J connectivity index is 1.94. The number of ether oxygens (including phenoxy) is 1. The molecule has 2 heterocycles. The van der Waals surface area contributed by atoms with Crippen LogP contribution in [0.1, 0.15) is 30.3 Å². The zero-order chi connectivity index (χ0) is 13.0. The smallest absolute Gasteiger partial charge is 0.270 e. The van der Waals surface area contributed by atoms with Crippen molar-refractivity contribution in [3.8, 4) is 0 Å². The maximum atomic E-state index is 12.0. The van der Waals surface area contributed by atoms with E-state index in [1.807, 2.05) is 20.0 Å². The van der Waals surface area contributed by atoms with Crippen molar-refractivity contribution in [3.63, 3.8) is 0 Å². The van der Waals surface area contributed by atoms with E-state index in [-0.39, 0.29) is 11.5 Å². The van der Waals surface area contributed by atoms with E-state index in [1.54, 1.807) is 12.3 Å². The Kier molecular flexibility index (Phi) is 3.81. The van der Waals surface area contributed by atoms with Crippen molar-refractivity contribution >= 4 is 11.6 Å². The maximum Gasteiger partial charge on any atom is 0.270 e. The molecule has 0 spiro atoms. The van der Waals surface area contributed by atoms with Crippen LogP contribution in [-0.2, 0) is 4.74 Å². The molecular weight excluding hydrogens is 230 g/mol. The van der Waals surface area contributed by atoms with Gasteiger partial charge in [0.2, 0.25) is 0 Å². The van der Waals surface area contributed by atoms with E-state index in [0.29, 0.717) is 12.2 Å². The number of amides is 1. The molecule has 0 bridgehead atoms. The Morgan fingerprint density at radius 2 is 2.44 bits per heavy atom. The lowest BCUT2D eigenvalue weighted by Crippen LogP contribution is -2.40. The van der Waals surface area contributed by atoms with Crippen molar-refractivity contribution in [2.45, 2.75) is 25.4 Å². The SMILES string of the molecule is CNc1ccnc(C(=O)NCC2(C)CCCO2)c1. The number of nitrogens with one attached hydrogen (secondary N) is 2. The Morgan fingerprint density at radius 1 is 1.61 bits per heavy atom. The summed E-state index contributed by atoms with van der Waals surface area (Å²) in [4.78, 5) is 16.0. The molecule has 18 heavy (non-hydrogen) atoms. The molecule has 0 radical (unpaired) electrons. The minimum atomic E-state index is -0.226. The van der Waals surface area contributed by atoms with Crippen molar-refractivity contribution in [2.24, 2.45) is 0 Å². The molecular formula is C13H19N3O2. The second-order valence-corrected chi connectivity index (χ2v) is 4.76. The molecule has 1 aromatic heterocycles. The molecule has 2 rings (SSSR count). The first kappa shape index (κ1) is 12.8. The van der Waals surface area contributed by atoms with Crippen LogP contribution in [-0.4, -0.2) is 36.7 Å². The van der Waals surface area contributed by atoms with E-state index < -0.39 is 0 Å². The number of aromatic nitrogens is 1. The van der Waals surface area contributed by atoms with Gasteiger partial charge in [0.05, 0.1) is 5.60 Å². The number of nitrogens with zero attached hydrogens (tertiary/aromatic N) is 1. The summed E-state index contributed by atoms with van der Waals surface area (Å²) in [5.74, 6) is -0.163. The Morgan fingerprint density at radius 3 is 3.11 bits per heavy atom. The van der Waals surface area contributed by atoms with E-state index in [9.17, 15) is 4.79 Å². The fourth-order valence-corrected chi connectivity index (χ4v) is 2.04. The topological polar surface area (TPSA) is 63.2 Å². The molecule has 1 saturated heterocycles. The molecule has 0 aliphatic carbocycles. The van der Waals surface area contributed by atoms with Gasteiger partial charge in [-0.05, 0) is 31.9 Å². The second-order valence-electron chi connectivity index (χ2n) is 4.76. The van der Waals surface area contributed by atoms with Gasteiger partial charge in [-0.3, -0.25) is 9.78 Å². The number of rotatable bonds is 4. The summed E-state index contributed by atoms with van der Waals surface area (Å²) in [6.45, 7) is 3.33. The molecule has 5 heteroatoms. The summed E-state index contributed by atoms with van der Waals surface area (Å²) < 4.78 is 5.62. The van der Waals surface area contributed by atoms with Crippen LogP contribution in [0.4, 0.5) is 5.69 Å². The number of carbonyl (C=O) groups excluding carboxylic acids is 1. The lowest BCUT2D eigenvalue weighted by Gasteiger charge is -2.23. The average molecular weight is 249 g/mol. The third-order valence-corrected chi connectivity index (χ3v) is 3.20. The van der Waals surface area contributed by atoms with E-state index >= 15 is 0 Å². The van der Waals surface area contributed by atoms with Gasteiger partial charge in [0.15, 0.2) is 0 Å². The summed E-state index contributed by atoms with van der Waals surface area (Å²) in [6.07, 6.45) is 3.66. The van der Waals surface area contributed by atoms with Crippen molar-refractivity contribution in [2.75, 3.05) is 25.5 Å². The summed E-state index contributed by atoms with van der Waals surface area (Å²) in [7, 11) is 1.81. The number of anilines is 1. The lowest BCUT2D eigenvalue weighted by atomic mass is 10.0. The fourth-order valence-electron chi connectivity index (χ4n) is 2.04. The van der Waals surface area contributed by atoms with Crippen molar-refractivity contribution < 1.29 is 9.53 Å². The van der Waals surface area contributed by atoms with Gasteiger partial charge < -0.3 is 15.4 Å². The molecule has 1 aliphatic heterocycles. The Labute approximate surface area is 107 Å². The van der Waals surface area contributed by atoms with Crippen LogP contribution >= 0.6 is 0 Å². The standard InChI is InChI=1S/C13H19N3O2/c1-13(5-3-7-18-13)9-16-12(17)11-8-10(14-2)4-6-15-11/h4,6,8H,3,5,7,9H2,1-2H3,(H,14,15)(H,16,17). The lowest BCUT2D eigenvalue weighted by molar-refractivity contribution is 0.0205. The summed E-state index contributed by atoms with van der Waals surface area (Å²) in [5, 5.41) is 5.86. The first-order valence-corrected chi connectivity index (χ1v) is 6.19. The first-order chi connectivity index (χ1) is 8.63. The van der Waals surface area contributed by atoms with E-state index in [0.717, 1.165) is 25.1 Å². The Bertz CT molecular complexity index is 428. The number of carbonyl (C=O) groups is 1. The normalized spacial score (nSPS) is 22.8. The van der Waals surface area contributed by atoms with Crippen molar-refractivity contribution in [3.05, 3.63) is 24.0 Å².